The minimum atomic E-state index is -0.516. The van der Waals surface area contributed by atoms with E-state index in [1.807, 2.05) is 49.8 Å². The van der Waals surface area contributed by atoms with E-state index < -0.39 is 5.82 Å². The molecule has 0 radical (unpaired) electrons. The van der Waals surface area contributed by atoms with Gasteiger partial charge in [0.05, 0.1) is 35.2 Å². The Labute approximate surface area is 295 Å². The van der Waals surface area contributed by atoms with Crippen molar-refractivity contribution in [3.05, 3.63) is 78.5 Å². The molecule has 2 aliphatic heterocycles. The molecule has 1 N–H and O–H groups in total. The summed E-state index contributed by atoms with van der Waals surface area (Å²) < 4.78 is 23.6. The average Bonchev–Trinajstić information content (AvgIpc) is 3.90. The molecule has 2 amide bonds. The Balaban J connectivity index is 0.972. The van der Waals surface area contributed by atoms with E-state index in [-0.39, 0.29) is 36.1 Å². The first-order valence-corrected chi connectivity index (χ1v) is 17.4. The predicted octanol–water partition coefficient (Wildman–Crippen LogP) is 5.34. The van der Waals surface area contributed by atoms with Crippen LogP contribution in [0.25, 0.3) is 39.1 Å². The average molecular weight is 692 g/mol. The second kappa shape index (κ2) is 14.4. The zero-order chi connectivity index (χ0) is 35.6. The van der Waals surface area contributed by atoms with Crippen molar-refractivity contribution >= 4 is 34.0 Å². The summed E-state index contributed by atoms with van der Waals surface area (Å²) >= 11 is 0. The summed E-state index contributed by atoms with van der Waals surface area (Å²) in [5, 5.41) is 12.0. The van der Waals surface area contributed by atoms with Gasteiger partial charge in [-0.05, 0) is 69.5 Å². The van der Waals surface area contributed by atoms with Gasteiger partial charge in [0, 0.05) is 56.6 Å². The largest absolute Gasteiger partial charge is 0.475 e. The number of amides is 2. The Morgan fingerprint density at radius 1 is 1.04 bits per heavy atom. The minimum absolute atomic E-state index is 0.0206. The lowest BCUT2D eigenvalue weighted by Gasteiger charge is -2.29. The molecule has 0 unspecified atom stereocenters. The molecule has 2 aliphatic rings. The van der Waals surface area contributed by atoms with Gasteiger partial charge in [0.15, 0.2) is 11.6 Å². The van der Waals surface area contributed by atoms with E-state index in [1.165, 1.54) is 10.5 Å². The molecule has 264 valence electrons. The number of nitrogens with one attached hydrogen (secondary N) is 1. The van der Waals surface area contributed by atoms with Gasteiger partial charge in [0.2, 0.25) is 17.7 Å². The smallest absolute Gasteiger partial charge is 0.237 e. The number of aromatic nitrogens is 6. The standard InChI is InChI=1S/C38H42FN9O3/c1-5-48(31-12-11-30-34(35(31)39)36(43-42-30)28-10-13-32(40-20-28)51-24(2)3)38(50)29-14-17-46(21-29)22-33(49)47-18-15-26(16-19-47)25-6-8-27(9-7-25)37-41-23-45(4)44-37/h6-13,15,20,23-24,29H,5,14,16-19,21-22H2,1-4H3,(H,42,43)/t29-/m1/s1. The van der Waals surface area contributed by atoms with Crippen LogP contribution in [-0.2, 0) is 16.6 Å². The third kappa shape index (κ3) is 7.11. The van der Waals surface area contributed by atoms with Gasteiger partial charge in [-0.3, -0.25) is 24.3 Å². The van der Waals surface area contributed by atoms with Crippen LogP contribution in [0.5, 0.6) is 5.88 Å². The van der Waals surface area contributed by atoms with Gasteiger partial charge in [-0.1, -0.05) is 30.3 Å². The molecular weight excluding hydrogens is 649 g/mol. The molecule has 51 heavy (non-hydrogen) atoms. The lowest BCUT2D eigenvalue weighted by Crippen LogP contribution is -2.42. The molecule has 13 heteroatoms. The Kier molecular flexibility index (Phi) is 9.63. The van der Waals surface area contributed by atoms with Crippen LogP contribution in [0, 0.1) is 11.7 Å². The highest BCUT2D eigenvalue weighted by Gasteiger charge is 2.34. The molecule has 1 atom stereocenters. The molecule has 0 aliphatic carbocycles. The van der Waals surface area contributed by atoms with Gasteiger partial charge in [-0.15, -0.1) is 0 Å². The normalized spacial score (nSPS) is 16.5. The Bertz CT molecular complexity index is 2070. The number of hydrogen-bond donors (Lipinski definition) is 1. The monoisotopic (exact) mass is 691 g/mol. The number of fused-ring (bicyclic) bond motifs is 1. The summed E-state index contributed by atoms with van der Waals surface area (Å²) in [7, 11) is 1.85. The second-order valence-corrected chi connectivity index (χ2v) is 13.4. The molecule has 0 spiro atoms. The van der Waals surface area contributed by atoms with E-state index in [0.717, 1.165) is 17.5 Å². The zero-order valence-electron chi connectivity index (χ0n) is 29.3. The molecule has 1 saturated heterocycles. The van der Waals surface area contributed by atoms with Crippen molar-refractivity contribution < 1.29 is 18.7 Å². The maximum absolute atomic E-state index is 16.3. The number of H-pyrrole nitrogens is 1. The van der Waals surface area contributed by atoms with Gasteiger partial charge >= 0.3 is 0 Å². The third-order valence-electron chi connectivity index (χ3n) is 9.54. The Morgan fingerprint density at radius 2 is 1.82 bits per heavy atom. The topological polar surface area (TPSA) is 125 Å². The number of pyridine rings is 1. The van der Waals surface area contributed by atoms with Crippen LogP contribution < -0.4 is 9.64 Å². The van der Waals surface area contributed by atoms with Crippen molar-refractivity contribution in [3.63, 3.8) is 0 Å². The van der Waals surface area contributed by atoms with Crippen LogP contribution in [0.15, 0.2) is 67.1 Å². The van der Waals surface area contributed by atoms with Gasteiger partial charge in [0.1, 0.15) is 12.0 Å². The van der Waals surface area contributed by atoms with E-state index in [1.54, 1.807) is 41.5 Å². The Hall–Kier alpha value is -5.43. The molecule has 0 saturated carbocycles. The van der Waals surface area contributed by atoms with E-state index >= 15 is 4.39 Å². The van der Waals surface area contributed by atoms with Crippen molar-refractivity contribution in [2.45, 2.75) is 39.7 Å². The quantitative estimate of drug-likeness (QED) is 0.208. The van der Waals surface area contributed by atoms with Crippen molar-refractivity contribution in [3.8, 4) is 28.5 Å². The number of rotatable bonds is 10. The highest BCUT2D eigenvalue weighted by atomic mass is 19.1. The molecule has 3 aromatic heterocycles. The third-order valence-corrected chi connectivity index (χ3v) is 9.54. The van der Waals surface area contributed by atoms with Gasteiger partial charge < -0.3 is 14.5 Å². The number of benzene rings is 2. The van der Waals surface area contributed by atoms with Crippen LogP contribution in [-0.4, -0.2) is 96.9 Å². The summed E-state index contributed by atoms with van der Waals surface area (Å²) in [4.78, 5) is 41.3. The van der Waals surface area contributed by atoms with E-state index in [2.05, 4.69) is 43.5 Å². The highest BCUT2D eigenvalue weighted by Crippen LogP contribution is 2.35. The number of hydrogen-bond acceptors (Lipinski definition) is 8. The molecule has 5 aromatic rings. The van der Waals surface area contributed by atoms with Gasteiger partial charge in [-0.2, -0.15) is 10.2 Å². The summed E-state index contributed by atoms with van der Waals surface area (Å²) in [5.41, 5.74) is 5.08. The number of likely N-dealkylation sites (tertiary alicyclic amines) is 1. The van der Waals surface area contributed by atoms with Crippen LogP contribution >= 0.6 is 0 Å². The molecule has 0 bridgehead atoms. The summed E-state index contributed by atoms with van der Waals surface area (Å²) in [6, 6.07) is 15.1. The number of carbonyl (C=O) groups is 2. The van der Waals surface area contributed by atoms with Crippen molar-refractivity contribution in [2.24, 2.45) is 13.0 Å². The number of anilines is 1. The van der Waals surface area contributed by atoms with Crippen molar-refractivity contribution in [1.82, 2.24) is 39.7 Å². The van der Waals surface area contributed by atoms with E-state index in [4.69, 9.17) is 4.74 Å². The maximum atomic E-state index is 16.3. The van der Waals surface area contributed by atoms with Crippen LogP contribution in [0.4, 0.5) is 10.1 Å². The molecular formula is C38H42FN9O3. The molecule has 5 heterocycles. The maximum Gasteiger partial charge on any atom is 0.237 e. The highest BCUT2D eigenvalue weighted by molar-refractivity contribution is 6.01. The fraction of sp³-hybridized carbons (Fsp3) is 0.368. The lowest BCUT2D eigenvalue weighted by molar-refractivity contribution is -0.132. The number of aryl methyl sites for hydroxylation is 1. The van der Waals surface area contributed by atoms with E-state index in [0.29, 0.717) is 73.0 Å². The SMILES string of the molecule is CCN(C(=O)[C@@H]1CCN(CC(=O)N2CC=C(c3ccc(-c4ncn(C)n4)cc3)CC2)C1)c1ccc2[nH]nc(-c3ccc(OC(C)C)nc3)c2c1F. The van der Waals surface area contributed by atoms with Crippen LogP contribution in [0.1, 0.15) is 39.2 Å². The fourth-order valence-electron chi connectivity index (χ4n) is 6.91. The minimum Gasteiger partial charge on any atom is -0.475 e. The number of carbonyl (C=O) groups excluding carboxylic acids is 2. The molecule has 1 fully saturated rings. The lowest BCUT2D eigenvalue weighted by atomic mass is 9.98. The first-order valence-electron chi connectivity index (χ1n) is 17.4. The van der Waals surface area contributed by atoms with Gasteiger partial charge in [-0.25, -0.2) is 14.4 Å². The zero-order valence-corrected chi connectivity index (χ0v) is 29.3. The van der Waals surface area contributed by atoms with E-state index in [9.17, 15) is 9.59 Å². The number of aromatic amines is 1. The molecule has 2 aromatic carbocycles. The van der Waals surface area contributed by atoms with Gasteiger partial charge in [0.25, 0.3) is 0 Å². The van der Waals surface area contributed by atoms with Crippen molar-refractivity contribution in [1.29, 1.82) is 0 Å². The predicted molar refractivity (Wildman–Crippen MR) is 193 cm³/mol. The summed E-state index contributed by atoms with van der Waals surface area (Å²) in [6.45, 7) is 8.49. The van der Waals surface area contributed by atoms with Crippen LogP contribution in [0.3, 0.4) is 0 Å². The Morgan fingerprint density at radius 3 is 2.49 bits per heavy atom. The molecule has 7 rings (SSSR count). The summed E-state index contributed by atoms with van der Waals surface area (Å²) in [5.74, 6) is 0.207. The summed E-state index contributed by atoms with van der Waals surface area (Å²) in [6.07, 6.45) is 6.76. The number of ether oxygens (including phenoxy) is 1. The number of nitrogens with zero attached hydrogens (tertiary/aromatic N) is 8. The second-order valence-electron chi connectivity index (χ2n) is 13.4. The van der Waals surface area contributed by atoms with Crippen LogP contribution in [0.2, 0.25) is 0 Å². The molecule has 12 nitrogen and oxygen atoms in total. The first kappa shape index (κ1) is 34.0. The van der Waals surface area contributed by atoms with Crippen molar-refractivity contribution in [2.75, 3.05) is 44.2 Å². The number of halogens is 1. The first-order chi connectivity index (χ1) is 24.7. The fourth-order valence-corrected chi connectivity index (χ4v) is 6.91.